The first-order valence-corrected chi connectivity index (χ1v) is 12.5. The number of hydrogen-bond donors (Lipinski definition) is 1. The summed E-state index contributed by atoms with van der Waals surface area (Å²) in [5.74, 6) is 0.232. The molecule has 2 atom stereocenters. The molecule has 0 spiro atoms. The molecule has 0 rings (SSSR count). The first-order valence-electron chi connectivity index (χ1n) is 6.19. The van der Waals surface area contributed by atoms with E-state index >= 15 is 0 Å². The summed E-state index contributed by atoms with van der Waals surface area (Å²) in [6, 6.07) is -0.428. The van der Waals surface area contributed by atoms with Crippen molar-refractivity contribution in [3.05, 3.63) is 10.1 Å². The minimum absolute atomic E-state index is 0.00806. The molecule has 0 bridgehead atoms. The van der Waals surface area contributed by atoms with Crippen molar-refractivity contribution in [2.24, 2.45) is 5.73 Å². The van der Waals surface area contributed by atoms with Gasteiger partial charge >= 0.3 is 0 Å². The number of ketones is 2. The van der Waals surface area contributed by atoms with Gasteiger partial charge in [-0.1, -0.05) is 0 Å². The number of hydrogen-bond acceptors (Lipinski definition) is 5. The maximum Gasteiger partial charge on any atom is 0.210 e. The van der Waals surface area contributed by atoms with Gasteiger partial charge in [-0.25, -0.2) is 0 Å². The molecule has 2 unspecified atom stereocenters. The van der Waals surface area contributed by atoms with Gasteiger partial charge in [0.1, 0.15) is 11.6 Å². The third-order valence-electron chi connectivity index (χ3n) is 2.23. The van der Waals surface area contributed by atoms with E-state index in [-0.39, 0.29) is 22.5 Å². The van der Waals surface area contributed by atoms with Crippen LogP contribution in [0.4, 0.5) is 0 Å². The number of carbonyl (C=O) groups excluding carboxylic acids is 2. The summed E-state index contributed by atoms with van der Waals surface area (Å²) < 4.78 is 0. The van der Waals surface area contributed by atoms with Crippen LogP contribution in [0.5, 0.6) is 0 Å². The van der Waals surface area contributed by atoms with Crippen LogP contribution in [-0.4, -0.2) is 28.6 Å². The highest BCUT2D eigenvalue weighted by atomic mass is 128. The molecule has 20 heavy (non-hydrogen) atoms. The second-order valence-corrected chi connectivity index (χ2v) is 4.59. The zero-order valence-electron chi connectivity index (χ0n) is 12.4. The predicted molar refractivity (Wildman–Crippen MR) is 98.0 cm³/mol. The Bertz CT molecular complexity index is 287. The van der Waals surface area contributed by atoms with Crippen LogP contribution < -0.4 is 5.73 Å². The van der Waals surface area contributed by atoms with Crippen molar-refractivity contribution in [3.63, 3.8) is 0 Å². The van der Waals surface area contributed by atoms with Crippen molar-refractivity contribution in [1.29, 1.82) is 0 Å². The Kier molecular flexibility index (Phi) is 21.6. The average molecular weight is 514 g/mol. The van der Waals surface area contributed by atoms with Gasteiger partial charge in [-0.05, 0) is 27.2 Å². The van der Waals surface area contributed by atoms with Gasteiger partial charge in [-0.3, -0.25) is 10.1 Å². The monoisotopic (exact) mass is 514 g/mol. The molecule has 0 aliphatic carbocycles. The molecule has 0 saturated carbocycles. The topological polar surface area (TPSA) is 103 Å². The molecule has 0 heterocycles. The van der Waals surface area contributed by atoms with Crippen molar-refractivity contribution in [2.75, 3.05) is 0 Å². The van der Waals surface area contributed by atoms with E-state index in [1.807, 2.05) is 6.92 Å². The fraction of sp³-hybridized carbons (Fsp3) is 0.833. The minimum atomic E-state index is -0.594. The Morgan fingerprint density at radius 2 is 1.45 bits per heavy atom. The number of carbonyl (C=O) groups is 2. The predicted octanol–water partition coefficient (Wildman–Crippen LogP) is 3.50. The first-order chi connectivity index (χ1) is 9.16. The second kappa shape index (κ2) is 17.2. The maximum absolute atomic E-state index is 10.3. The van der Waals surface area contributed by atoms with Crippen LogP contribution in [-0.2, 0) is 9.59 Å². The van der Waals surface area contributed by atoms with E-state index in [1.165, 1.54) is 13.8 Å². The quantitative estimate of drug-likeness (QED) is 0.319. The van der Waals surface area contributed by atoms with Crippen molar-refractivity contribution in [2.45, 2.75) is 65.5 Å². The van der Waals surface area contributed by atoms with E-state index in [0.29, 0.717) is 19.3 Å². The second-order valence-electron chi connectivity index (χ2n) is 4.59. The Labute approximate surface area is 144 Å². The lowest BCUT2D eigenvalue weighted by atomic mass is 10.1. The van der Waals surface area contributed by atoms with Gasteiger partial charge in [0, 0.05) is 74.4 Å². The van der Waals surface area contributed by atoms with Crippen LogP contribution in [0.3, 0.4) is 0 Å². The minimum Gasteiger partial charge on any atom is -0.328 e. The molecule has 0 aromatic rings. The van der Waals surface area contributed by atoms with Gasteiger partial charge in [0.05, 0.1) is 0 Å². The maximum atomic E-state index is 10.3. The Morgan fingerprint density at radius 3 is 1.65 bits per heavy atom. The summed E-state index contributed by atoms with van der Waals surface area (Å²) in [5.41, 5.74) is 5.39. The van der Waals surface area contributed by atoms with E-state index in [4.69, 9.17) is 5.73 Å². The first kappa shape index (κ1) is 25.1. The number of nitrogens with two attached hydrogens (primary N) is 1. The van der Waals surface area contributed by atoms with E-state index in [1.54, 1.807) is 6.92 Å². The molecule has 6 nitrogen and oxygen atoms in total. The molecular weight excluding hydrogens is 490 g/mol. The third kappa shape index (κ3) is 26.7. The van der Waals surface area contributed by atoms with E-state index in [9.17, 15) is 19.7 Å². The lowest BCUT2D eigenvalue weighted by molar-refractivity contribution is -0.518. The highest BCUT2D eigenvalue weighted by Gasteiger charge is 2.12. The highest BCUT2D eigenvalue weighted by Crippen LogP contribution is 1.99. The van der Waals surface area contributed by atoms with Crippen LogP contribution >= 0.6 is 37.2 Å². The molecule has 0 aromatic carbocycles. The number of nitrogens with zero attached hydrogens (tertiary/aromatic N) is 1. The lowest BCUT2D eigenvalue weighted by Crippen LogP contribution is -2.15. The Hall–Kier alpha value is 0.160. The van der Waals surface area contributed by atoms with Crippen LogP contribution in [0.25, 0.3) is 0 Å². The third-order valence-corrected chi connectivity index (χ3v) is 2.23. The molecule has 0 amide bonds. The Balaban J connectivity index is -0.000000262. The normalized spacial score (nSPS) is 11.9. The molecule has 0 fully saturated rings. The smallest absolute Gasteiger partial charge is 0.210 e. The standard InChI is InChI=1S/C6H11NO3.C6H13NO.I2/c1-5(7(9)10)3-4-6(2)8;1-5(7)3-4-6(2)8;1-2/h5H,3-4H2,1-2H3;5H,3-4,7H2,1-2H3;. The summed E-state index contributed by atoms with van der Waals surface area (Å²) in [6.45, 7) is 6.43. The summed E-state index contributed by atoms with van der Waals surface area (Å²) in [7, 11) is 0. The summed E-state index contributed by atoms with van der Waals surface area (Å²) >= 11 is 4.24. The summed E-state index contributed by atoms with van der Waals surface area (Å²) in [6.07, 6.45) is 2.09. The van der Waals surface area contributed by atoms with Gasteiger partial charge < -0.3 is 15.3 Å². The van der Waals surface area contributed by atoms with E-state index in [0.717, 1.165) is 6.42 Å². The van der Waals surface area contributed by atoms with Crippen LogP contribution in [0.1, 0.15) is 53.4 Å². The molecule has 2 N–H and O–H groups in total. The zero-order valence-corrected chi connectivity index (χ0v) is 16.7. The molecule has 0 aliphatic rings. The lowest BCUT2D eigenvalue weighted by Gasteiger charge is -1.99. The summed E-state index contributed by atoms with van der Waals surface area (Å²) in [5, 5.41) is 10.0. The molecule has 8 heteroatoms. The highest BCUT2D eigenvalue weighted by molar-refractivity contribution is 15.0. The van der Waals surface area contributed by atoms with Crippen LogP contribution in [0.15, 0.2) is 0 Å². The molecule has 0 radical (unpaired) electrons. The van der Waals surface area contributed by atoms with Crippen molar-refractivity contribution in [3.8, 4) is 0 Å². The molecular formula is C12H24I2N2O4. The SMILES string of the molecule is CC(=O)CCC(C)N.CC(=O)CCC(C)[N+](=O)[O-].II. The largest absolute Gasteiger partial charge is 0.328 e. The van der Waals surface area contributed by atoms with E-state index in [2.05, 4.69) is 37.2 Å². The molecule has 0 aromatic heterocycles. The summed E-state index contributed by atoms with van der Waals surface area (Å²) in [4.78, 5) is 30.3. The number of Topliss-reactive ketones (excluding diaryl/α,β-unsaturated/α-hetero) is 2. The molecule has 0 aliphatic heterocycles. The average Bonchev–Trinajstić information content (AvgIpc) is 2.36. The Morgan fingerprint density at radius 1 is 1.10 bits per heavy atom. The van der Waals surface area contributed by atoms with Crippen molar-refractivity contribution >= 4 is 48.8 Å². The zero-order chi connectivity index (χ0) is 16.7. The van der Waals surface area contributed by atoms with Gasteiger partial charge in [0.25, 0.3) is 0 Å². The van der Waals surface area contributed by atoms with Gasteiger partial charge in [-0.15, -0.1) is 0 Å². The van der Waals surface area contributed by atoms with Crippen LogP contribution in [0, 0.1) is 10.1 Å². The van der Waals surface area contributed by atoms with Crippen molar-refractivity contribution < 1.29 is 14.5 Å². The fourth-order valence-electron chi connectivity index (χ4n) is 0.948. The van der Waals surface area contributed by atoms with Gasteiger partial charge in [0.2, 0.25) is 6.04 Å². The molecule has 120 valence electrons. The van der Waals surface area contributed by atoms with Gasteiger partial charge in [-0.2, -0.15) is 0 Å². The van der Waals surface area contributed by atoms with E-state index < -0.39 is 6.04 Å². The van der Waals surface area contributed by atoms with Crippen LogP contribution in [0.2, 0.25) is 0 Å². The number of nitro groups is 1. The molecule has 0 saturated heterocycles. The number of rotatable bonds is 7. The van der Waals surface area contributed by atoms with Gasteiger partial charge in [0.15, 0.2) is 0 Å². The number of halogens is 2. The van der Waals surface area contributed by atoms with Crippen molar-refractivity contribution in [1.82, 2.24) is 0 Å². The fourth-order valence-corrected chi connectivity index (χ4v) is 0.948.